The summed E-state index contributed by atoms with van der Waals surface area (Å²) in [7, 11) is 0. The smallest absolute Gasteiger partial charge is 0.0110 e. The molecule has 1 aliphatic rings. The van der Waals surface area contributed by atoms with E-state index in [-0.39, 0.29) is 5.41 Å². The minimum absolute atomic E-state index is 0.221. The Morgan fingerprint density at radius 3 is 2.65 bits per heavy atom. The quantitative estimate of drug-likeness (QED) is 0.512. The average molecular weight is 340 g/mol. The first-order valence-electron chi connectivity index (χ1n) is 6.50. The highest BCUT2D eigenvalue weighted by molar-refractivity contribution is 14.1. The van der Waals surface area contributed by atoms with E-state index in [1.54, 1.807) is 5.57 Å². The number of hydrogen-bond donors (Lipinski definition) is 0. The van der Waals surface area contributed by atoms with Crippen molar-refractivity contribution in [1.82, 2.24) is 0 Å². The fourth-order valence-corrected chi connectivity index (χ4v) is 2.95. The molecule has 0 heterocycles. The van der Waals surface area contributed by atoms with Crippen LogP contribution in [0.3, 0.4) is 0 Å². The second-order valence-electron chi connectivity index (χ2n) is 5.48. The average Bonchev–Trinajstić information content (AvgIpc) is 2.59. The predicted octanol–water partition coefficient (Wildman–Crippen LogP) is 5.36. The van der Waals surface area contributed by atoms with Crippen molar-refractivity contribution < 1.29 is 0 Å². The third-order valence-electron chi connectivity index (χ3n) is 3.67. The summed E-state index contributed by atoms with van der Waals surface area (Å²) in [5.74, 6) is 0. The molecule has 0 fully saturated rings. The second-order valence-corrected chi connectivity index (χ2v) is 7.24. The van der Waals surface area contributed by atoms with E-state index in [0.717, 1.165) is 3.92 Å². The zero-order valence-electron chi connectivity index (χ0n) is 11.0. The lowest BCUT2D eigenvalue weighted by atomic mass is 9.87. The van der Waals surface area contributed by atoms with E-state index in [2.05, 4.69) is 73.7 Å². The normalized spacial score (nSPS) is 18.7. The van der Waals surface area contributed by atoms with E-state index in [4.69, 9.17) is 0 Å². The van der Waals surface area contributed by atoms with Crippen molar-refractivity contribution in [3.05, 3.63) is 41.5 Å². The van der Waals surface area contributed by atoms with Crippen molar-refractivity contribution in [2.75, 3.05) is 0 Å². The molecule has 1 aromatic rings. The van der Waals surface area contributed by atoms with Crippen LogP contribution in [0.2, 0.25) is 0 Å². The van der Waals surface area contributed by atoms with Gasteiger partial charge in [-0.1, -0.05) is 73.7 Å². The summed E-state index contributed by atoms with van der Waals surface area (Å²) in [6, 6.07) is 8.88. The summed E-state index contributed by atoms with van der Waals surface area (Å²) in [6.07, 6.45) is 6.27. The molecule has 0 saturated heterocycles. The third-order valence-corrected chi connectivity index (χ3v) is 5.18. The van der Waals surface area contributed by atoms with Gasteiger partial charge in [0.05, 0.1) is 0 Å². The van der Waals surface area contributed by atoms with Gasteiger partial charge in [-0.2, -0.15) is 0 Å². The Morgan fingerprint density at radius 1 is 1.24 bits per heavy atom. The number of benzene rings is 1. The van der Waals surface area contributed by atoms with E-state index < -0.39 is 0 Å². The molecule has 0 saturated carbocycles. The number of rotatable bonds is 4. The molecule has 1 heteroatoms. The number of hydrogen-bond acceptors (Lipinski definition) is 0. The Morgan fingerprint density at radius 2 is 1.94 bits per heavy atom. The minimum atomic E-state index is 0.221. The minimum Gasteiger partial charge on any atom is -0.0826 e. The van der Waals surface area contributed by atoms with Crippen LogP contribution in [0.25, 0.3) is 5.57 Å². The monoisotopic (exact) mass is 340 g/mol. The van der Waals surface area contributed by atoms with Crippen LogP contribution in [0.15, 0.2) is 30.3 Å². The van der Waals surface area contributed by atoms with Crippen LogP contribution in [-0.2, 0) is 5.41 Å². The molecule has 17 heavy (non-hydrogen) atoms. The van der Waals surface area contributed by atoms with E-state index in [0.29, 0.717) is 0 Å². The van der Waals surface area contributed by atoms with Crippen LogP contribution in [0.5, 0.6) is 0 Å². The predicted molar refractivity (Wildman–Crippen MR) is 84.8 cm³/mol. The summed E-state index contributed by atoms with van der Waals surface area (Å²) in [4.78, 5) is 0. The molecule has 0 spiro atoms. The molecule has 2 rings (SSSR count). The molecule has 1 atom stereocenters. The SMILES string of the molecule is CCC(I)CCC1=CC(C)(C)c2ccccc21. The van der Waals surface area contributed by atoms with E-state index in [1.165, 1.54) is 30.4 Å². The maximum atomic E-state index is 2.57. The Kier molecular flexibility index (Phi) is 3.96. The summed E-state index contributed by atoms with van der Waals surface area (Å²) in [5.41, 5.74) is 4.76. The summed E-state index contributed by atoms with van der Waals surface area (Å²) < 4.78 is 0.810. The van der Waals surface area contributed by atoms with Crippen LogP contribution in [-0.4, -0.2) is 3.92 Å². The zero-order chi connectivity index (χ0) is 12.5. The van der Waals surface area contributed by atoms with Gasteiger partial charge in [0.1, 0.15) is 0 Å². The summed E-state index contributed by atoms with van der Waals surface area (Å²) in [5, 5.41) is 0. The molecule has 1 aromatic carbocycles. The molecule has 0 radical (unpaired) electrons. The first-order valence-corrected chi connectivity index (χ1v) is 7.75. The third kappa shape index (κ3) is 2.75. The lowest BCUT2D eigenvalue weighted by molar-refractivity contribution is 0.682. The lowest BCUT2D eigenvalue weighted by Crippen LogP contribution is -2.10. The Balaban J connectivity index is 2.20. The number of halogens is 1. The molecule has 0 amide bonds. The summed E-state index contributed by atoms with van der Waals surface area (Å²) in [6.45, 7) is 6.92. The molecule has 0 aliphatic heterocycles. The zero-order valence-corrected chi connectivity index (χ0v) is 13.1. The van der Waals surface area contributed by atoms with Gasteiger partial charge < -0.3 is 0 Å². The molecule has 92 valence electrons. The van der Waals surface area contributed by atoms with Crippen LogP contribution >= 0.6 is 22.6 Å². The molecule has 0 N–H and O–H groups in total. The van der Waals surface area contributed by atoms with Gasteiger partial charge in [-0.25, -0.2) is 0 Å². The van der Waals surface area contributed by atoms with Crippen LogP contribution < -0.4 is 0 Å². The Hall–Kier alpha value is -0.310. The van der Waals surface area contributed by atoms with Crippen LogP contribution in [0.4, 0.5) is 0 Å². The molecular weight excluding hydrogens is 319 g/mol. The molecular formula is C16H21I. The largest absolute Gasteiger partial charge is 0.0826 e. The molecule has 1 unspecified atom stereocenters. The van der Waals surface area contributed by atoms with Gasteiger partial charge in [-0.05, 0) is 36.0 Å². The fraction of sp³-hybridized carbons (Fsp3) is 0.500. The highest BCUT2D eigenvalue weighted by Crippen LogP contribution is 2.42. The number of alkyl halides is 1. The highest BCUT2D eigenvalue weighted by atomic mass is 127. The first-order chi connectivity index (χ1) is 8.04. The van der Waals surface area contributed by atoms with Crippen LogP contribution in [0.1, 0.15) is 51.2 Å². The molecule has 0 bridgehead atoms. The van der Waals surface area contributed by atoms with Crippen molar-refractivity contribution >= 4 is 28.2 Å². The van der Waals surface area contributed by atoms with E-state index in [9.17, 15) is 0 Å². The van der Waals surface area contributed by atoms with Gasteiger partial charge in [-0.15, -0.1) is 0 Å². The van der Waals surface area contributed by atoms with Crippen LogP contribution in [0, 0.1) is 0 Å². The fourth-order valence-electron chi connectivity index (χ4n) is 2.64. The van der Waals surface area contributed by atoms with Crippen molar-refractivity contribution in [2.45, 2.75) is 49.4 Å². The second kappa shape index (κ2) is 5.13. The van der Waals surface area contributed by atoms with Crippen molar-refractivity contribution in [3.63, 3.8) is 0 Å². The van der Waals surface area contributed by atoms with Gasteiger partial charge in [0.15, 0.2) is 0 Å². The van der Waals surface area contributed by atoms with E-state index >= 15 is 0 Å². The summed E-state index contributed by atoms with van der Waals surface area (Å²) >= 11 is 2.57. The molecule has 0 nitrogen and oxygen atoms in total. The van der Waals surface area contributed by atoms with Crippen molar-refractivity contribution in [2.24, 2.45) is 0 Å². The van der Waals surface area contributed by atoms with Gasteiger partial charge >= 0.3 is 0 Å². The Bertz CT molecular complexity index is 429. The highest BCUT2D eigenvalue weighted by Gasteiger charge is 2.28. The first kappa shape index (κ1) is 13.1. The van der Waals surface area contributed by atoms with Gasteiger partial charge in [0, 0.05) is 9.34 Å². The topological polar surface area (TPSA) is 0 Å². The van der Waals surface area contributed by atoms with Gasteiger partial charge in [-0.3, -0.25) is 0 Å². The number of allylic oxidation sites excluding steroid dienone is 2. The lowest BCUT2D eigenvalue weighted by Gasteiger charge is -2.16. The number of fused-ring (bicyclic) bond motifs is 1. The Labute approximate surface area is 119 Å². The van der Waals surface area contributed by atoms with Crippen molar-refractivity contribution in [3.8, 4) is 0 Å². The maximum absolute atomic E-state index is 2.57. The molecule has 1 aliphatic carbocycles. The molecule has 0 aromatic heterocycles. The van der Waals surface area contributed by atoms with Crippen molar-refractivity contribution in [1.29, 1.82) is 0 Å². The van der Waals surface area contributed by atoms with Gasteiger partial charge in [0.2, 0.25) is 0 Å². The standard InChI is InChI=1S/C16H21I/c1-4-13(17)10-9-12-11-16(2,3)15-8-6-5-7-14(12)15/h5-8,11,13H,4,9-10H2,1-3H3. The van der Waals surface area contributed by atoms with E-state index in [1.807, 2.05) is 0 Å². The van der Waals surface area contributed by atoms with Gasteiger partial charge in [0.25, 0.3) is 0 Å². The maximum Gasteiger partial charge on any atom is 0.0110 e.